The topological polar surface area (TPSA) is 81.0 Å². The number of esters is 1. The zero-order chi connectivity index (χ0) is 16.4. The molecule has 0 fully saturated rings. The van der Waals surface area contributed by atoms with Crippen LogP contribution in [0, 0.1) is 0 Å². The highest BCUT2D eigenvalue weighted by molar-refractivity contribution is 7.19. The lowest BCUT2D eigenvalue weighted by molar-refractivity contribution is 0.0461. The second kappa shape index (κ2) is 6.55. The molecule has 0 bridgehead atoms. The van der Waals surface area contributed by atoms with Gasteiger partial charge in [0.25, 0.3) is 0 Å². The van der Waals surface area contributed by atoms with E-state index in [1.165, 1.54) is 11.3 Å². The van der Waals surface area contributed by atoms with Gasteiger partial charge in [-0.15, -0.1) is 11.3 Å². The quantitative estimate of drug-likeness (QED) is 0.694. The molecule has 6 nitrogen and oxygen atoms in total. The Morgan fingerprint density at radius 3 is 2.91 bits per heavy atom. The molecule has 0 aliphatic carbocycles. The Morgan fingerprint density at radius 1 is 1.43 bits per heavy atom. The Balaban J connectivity index is 1.70. The second-order valence-corrected chi connectivity index (χ2v) is 6.88. The lowest BCUT2D eigenvalue weighted by Crippen LogP contribution is -2.06. The summed E-state index contributed by atoms with van der Waals surface area (Å²) >= 11 is 7.34. The van der Waals surface area contributed by atoms with Crippen molar-refractivity contribution in [1.82, 2.24) is 15.1 Å². The summed E-state index contributed by atoms with van der Waals surface area (Å²) in [5.41, 5.74) is 1.19. The molecular weight excluding hydrogens is 338 g/mol. The van der Waals surface area contributed by atoms with Gasteiger partial charge in [0, 0.05) is 28.8 Å². The van der Waals surface area contributed by atoms with Crippen LogP contribution in [0.25, 0.3) is 10.4 Å². The van der Waals surface area contributed by atoms with E-state index in [9.17, 15) is 4.79 Å². The number of rotatable bonds is 5. The fourth-order valence-corrected chi connectivity index (χ4v) is 3.04. The van der Waals surface area contributed by atoms with Crippen molar-refractivity contribution < 1.29 is 14.1 Å². The molecule has 3 aromatic rings. The molecule has 23 heavy (non-hydrogen) atoms. The van der Waals surface area contributed by atoms with Crippen LogP contribution in [0.1, 0.15) is 41.8 Å². The van der Waals surface area contributed by atoms with Crippen LogP contribution in [0.15, 0.2) is 29.0 Å². The number of carbonyl (C=O) groups is 1. The maximum atomic E-state index is 12.3. The van der Waals surface area contributed by atoms with Crippen LogP contribution in [0.5, 0.6) is 0 Å². The molecule has 0 aliphatic heterocycles. The van der Waals surface area contributed by atoms with Gasteiger partial charge < -0.3 is 14.2 Å². The van der Waals surface area contributed by atoms with Gasteiger partial charge in [0.2, 0.25) is 11.7 Å². The van der Waals surface area contributed by atoms with Crippen molar-refractivity contribution in [3.8, 4) is 10.4 Å². The average Bonchev–Trinajstić information content (AvgIpc) is 3.24. The molecule has 8 heteroatoms. The van der Waals surface area contributed by atoms with E-state index in [4.69, 9.17) is 20.9 Å². The molecule has 0 amide bonds. The molecule has 0 aliphatic rings. The summed E-state index contributed by atoms with van der Waals surface area (Å²) in [5, 5.41) is 3.79. The predicted octanol–water partition coefficient (Wildman–Crippen LogP) is 4.26. The molecule has 0 saturated heterocycles. The van der Waals surface area contributed by atoms with E-state index in [1.54, 1.807) is 18.5 Å². The highest BCUT2D eigenvalue weighted by Gasteiger charge is 2.18. The molecule has 0 atom stereocenters. The van der Waals surface area contributed by atoms with Crippen molar-refractivity contribution in [2.24, 2.45) is 0 Å². The van der Waals surface area contributed by atoms with Crippen molar-refractivity contribution in [3.05, 3.63) is 46.1 Å². The van der Waals surface area contributed by atoms with Crippen LogP contribution < -0.4 is 0 Å². The Kier molecular flexibility index (Phi) is 4.49. The third-order valence-corrected chi connectivity index (χ3v) is 4.38. The molecule has 0 spiro atoms. The average molecular weight is 352 g/mol. The number of thiophene rings is 1. The summed E-state index contributed by atoms with van der Waals surface area (Å²) in [4.78, 5) is 20.2. The maximum absolute atomic E-state index is 12.3. The third-order valence-electron chi connectivity index (χ3n) is 3.11. The van der Waals surface area contributed by atoms with Crippen molar-refractivity contribution >= 4 is 28.9 Å². The normalized spacial score (nSPS) is 11.1. The Bertz CT molecular complexity index is 821. The fourth-order valence-electron chi connectivity index (χ4n) is 1.96. The lowest BCUT2D eigenvalue weighted by Gasteiger charge is -2.02. The van der Waals surface area contributed by atoms with Crippen LogP contribution in [0.3, 0.4) is 0 Å². The molecule has 3 heterocycles. The zero-order valence-electron chi connectivity index (χ0n) is 12.5. The SMILES string of the molecule is CC(C)c1nc(COC(=O)c2c[nH]cc2-c2ccc(Cl)s2)no1. The van der Waals surface area contributed by atoms with Crippen molar-refractivity contribution in [2.75, 3.05) is 0 Å². The number of aromatic nitrogens is 3. The molecule has 120 valence electrons. The van der Waals surface area contributed by atoms with Gasteiger partial charge in [-0.1, -0.05) is 30.6 Å². The number of hydrogen-bond donors (Lipinski definition) is 1. The summed E-state index contributed by atoms with van der Waals surface area (Å²) in [7, 11) is 0. The fraction of sp³-hybridized carbons (Fsp3) is 0.267. The number of carbonyl (C=O) groups excluding carboxylic acids is 1. The van der Waals surface area contributed by atoms with Crippen LogP contribution in [-0.4, -0.2) is 21.1 Å². The van der Waals surface area contributed by atoms with Gasteiger partial charge in [-0.2, -0.15) is 4.98 Å². The van der Waals surface area contributed by atoms with Crippen molar-refractivity contribution in [3.63, 3.8) is 0 Å². The molecule has 0 saturated carbocycles. The number of aromatic amines is 1. The van der Waals surface area contributed by atoms with E-state index >= 15 is 0 Å². The summed E-state index contributed by atoms with van der Waals surface area (Å²) in [6.45, 7) is 3.86. The van der Waals surface area contributed by atoms with Crippen LogP contribution in [0.4, 0.5) is 0 Å². The molecule has 1 N–H and O–H groups in total. The Hall–Kier alpha value is -2.12. The first kappa shape index (κ1) is 15.8. The second-order valence-electron chi connectivity index (χ2n) is 5.17. The minimum Gasteiger partial charge on any atom is -0.454 e. The standard InChI is InChI=1S/C15H14ClN3O3S/c1-8(2)14-18-13(19-22-14)7-21-15(20)10-6-17-5-9(10)11-3-4-12(16)23-11/h3-6,8,17H,7H2,1-2H3. The van der Waals surface area contributed by atoms with Crippen molar-refractivity contribution in [2.45, 2.75) is 26.4 Å². The minimum atomic E-state index is -0.457. The number of halogens is 1. The largest absolute Gasteiger partial charge is 0.454 e. The first-order chi connectivity index (χ1) is 11.0. The molecular formula is C15H14ClN3O3S. The molecule has 0 aromatic carbocycles. The van der Waals surface area contributed by atoms with E-state index in [-0.39, 0.29) is 12.5 Å². The van der Waals surface area contributed by atoms with E-state index in [0.29, 0.717) is 21.6 Å². The Morgan fingerprint density at radius 2 is 2.26 bits per heavy atom. The third kappa shape index (κ3) is 3.46. The number of nitrogens with zero attached hydrogens (tertiary/aromatic N) is 2. The minimum absolute atomic E-state index is 0.0368. The first-order valence-corrected chi connectivity index (χ1v) is 8.16. The van der Waals surface area contributed by atoms with Crippen LogP contribution in [-0.2, 0) is 11.3 Å². The van der Waals surface area contributed by atoms with E-state index in [2.05, 4.69) is 15.1 Å². The monoisotopic (exact) mass is 351 g/mol. The summed E-state index contributed by atoms with van der Waals surface area (Å²) in [5.74, 6) is 0.540. The van der Waals surface area contributed by atoms with Gasteiger partial charge in [0.05, 0.1) is 9.90 Å². The van der Waals surface area contributed by atoms with Gasteiger partial charge in [0.15, 0.2) is 6.61 Å². The maximum Gasteiger partial charge on any atom is 0.340 e. The van der Waals surface area contributed by atoms with Crippen molar-refractivity contribution in [1.29, 1.82) is 0 Å². The molecule has 0 unspecified atom stereocenters. The van der Waals surface area contributed by atoms with Crippen LogP contribution >= 0.6 is 22.9 Å². The van der Waals surface area contributed by atoms with E-state index < -0.39 is 5.97 Å². The Labute approximate surface area is 141 Å². The first-order valence-electron chi connectivity index (χ1n) is 6.96. The number of H-pyrrole nitrogens is 1. The van der Waals surface area contributed by atoms with Gasteiger partial charge in [-0.3, -0.25) is 0 Å². The van der Waals surface area contributed by atoms with E-state index in [0.717, 1.165) is 10.4 Å². The summed E-state index contributed by atoms with van der Waals surface area (Å²) < 4.78 is 11.0. The van der Waals surface area contributed by atoms with Gasteiger partial charge in [0.1, 0.15) is 0 Å². The molecule has 0 radical (unpaired) electrons. The number of nitrogens with one attached hydrogen (secondary N) is 1. The summed E-state index contributed by atoms with van der Waals surface area (Å²) in [6.07, 6.45) is 3.34. The van der Waals surface area contributed by atoms with Crippen LogP contribution in [0.2, 0.25) is 4.34 Å². The number of ether oxygens (including phenoxy) is 1. The predicted molar refractivity (Wildman–Crippen MR) is 86.6 cm³/mol. The molecule has 3 rings (SSSR count). The number of hydrogen-bond acceptors (Lipinski definition) is 6. The lowest BCUT2D eigenvalue weighted by atomic mass is 10.2. The van der Waals surface area contributed by atoms with Gasteiger partial charge >= 0.3 is 5.97 Å². The smallest absolute Gasteiger partial charge is 0.340 e. The zero-order valence-corrected chi connectivity index (χ0v) is 14.1. The molecule has 3 aromatic heterocycles. The highest BCUT2D eigenvalue weighted by atomic mass is 35.5. The van der Waals surface area contributed by atoms with E-state index in [1.807, 2.05) is 19.9 Å². The summed E-state index contributed by atoms with van der Waals surface area (Å²) in [6, 6.07) is 3.65. The highest BCUT2D eigenvalue weighted by Crippen LogP contribution is 2.33. The van der Waals surface area contributed by atoms with Gasteiger partial charge in [-0.25, -0.2) is 4.79 Å². The van der Waals surface area contributed by atoms with Gasteiger partial charge in [-0.05, 0) is 12.1 Å².